The van der Waals surface area contributed by atoms with Gasteiger partial charge in [-0.1, -0.05) is 140 Å². The van der Waals surface area contributed by atoms with E-state index in [4.69, 9.17) is 17.0 Å². The molecule has 6 aromatic rings. The molecule has 0 heterocycles. The number of benzene rings is 4. The summed E-state index contributed by atoms with van der Waals surface area (Å²) in [6.45, 7) is 20.1. The first-order valence-electron chi connectivity index (χ1n) is 17.7. The van der Waals surface area contributed by atoms with Gasteiger partial charge in [-0.05, 0) is 52.8 Å². The van der Waals surface area contributed by atoms with E-state index < -0.39 is 20.8 Å². The second kappa shape index (κ2) is 21.2. The molecule has 256 valence electrons. The Labute approximate surface area is 318 Å². The normalized spacial score (nSPS) is 11.3. The monoisotopic (exact) mass is 782 g/mol. The Morgan fingerprint density at radius 3 is 1.47 bits per heavy atom. The van der Waals surface area contributed by atoms with Crippen molar-refractivity contribution in [1.82, 2.24) is 0 Å². The molecule has 0 bridgehead atoms. The fourth-order valence-corrected chi connectivity index (χ4v) is 6.24. The zero-order valence-electron chi connectivity index (χ0n) is 31.0. The van der Waals surface area contributed by atoms with Crippen LogP contribution in [-0.2, 0) is 27.3 Å². The molecular weight excluding hydrogens is 731 g/mol. The van der Waals surface area contributed by atoms with E-state index in [0.717, 1.165) is 15.9 Å². The van der Waals surface area contributed by atoms with E-state index in [1.165, 1.54) is 78.9 Å². The van der Waals surface area contributed by atoms with Gasteiger partial charge in [0.2, 0.25) is 0 Å². The molecule has 0 aliphatic heterocycles. The van der Waals surface area contributed by atoms with Crippen LogP contribution in [0.3, 0.4) is 0 Å². The topological polar surface area (TPSA) is 0 Å². The first-order chi connectivity index (χ1) is 23.6. The van der Waals surface area contributed by atoms with Gasteiger partial charge in [0.05, 0.1) is 0 Å². The molecular formula is C45H54Cl2SiZr. The summed E-state index contributed by atoms with van der Waals surface area (Å²) in [7, 11) is 11.0. The van der Waals surface area contributed by atoms with Crippen LogP contribution in [0.1, 0.15) is 101 Å². The van der Waals surface area contributed by atoms with E-state index in [-0.39, 0.29) is 0 Å². The maximum atomic E-state index is 4.93. The molecule has 0 aromatic heterocycles. The summed E-state index contributed by atoms with van der Waals surface area (Å²) >= 11 is -0.826. The van der Waals surface area contributed by atoms with E-state index in [1.807, 2.05) is 0 Å². The van der Waals surface area contributed by atoms with Crippen molar-refractivity contribution < 1.29 is 20.8 Å². The number of rotatable bonds is 8. The molecule has 2 radical (unpaired) electrons. The number of fused-ring (bicyclic) bond motifs is 2. The Morgan fingerprint density at radius 1 is 0.633 bits per heavy atom. The SMILES string of the molecule is CCCC(C)c1cc2c(-c3ccc(C(C)C)cc3)cccc2[cH-]1.CCc1cc2c(-c3ccc(C(C)C)cc3)cccc2[cH-]1.C[Si]C.[Cl][Zr+2][Cl]. The van der Waals surface area contributed by atoms with Crippen molar-refractivity contribution in [1.29, 1.82) is 0 Å². The van der Waals surface area contributed by atoms with Gasteiger partial charge in [-0.2, -0.15) is 12.1 Å². The standard InChI is InChI=1S/C23H27.C20H21.C2H6Si.2ClH.Zr/c1-5-7-17(4)21-14-20-8-6-9-22(23(20)15-21)19-12-10-18(11-13-19)16(2)3;1-4-15-12-18-6-5-7-19(20(18)13-15)17-10-8-16(9-11-17)14(2)3;1-3-2;;;/h6,8-17H,5,7H2,1-4H3;5-14H,4H2,1-3H3;1-2H3;2*1H;/q2*-1;;;;+4/p-2. The molecule has 6 rings (SSSR count). The summed E-state index contributed by atoms with van der Waals surface area (Å²) in [5.41, 5.74) is 11.0. The molecule has 0 saturated carbocycles. The molecule has 1 unspecified atom stereocenters. The van der Waals surface area contributed by atoms with Gasteiger partial charge in [-0.3, -0.25) is 0 Å². The van der Waals surface area contributed by atoms with Crippen LogP contribution in [0.5, 0.6) is 0 Å². The van der Waals surface area contributed by atoms with Crippen LogP contribution in [0.15, 0.2) is 109 Å². The van der Waals surface area contributed by atoms with Gasteiger partial charge in [-0.15, -0.1) is 69.1 Å². The van der Waals surface area contributed by atoms with Gasteiger partial charge in [0.15, 0.2) is 0 Å². The van der Waals surface area contributed by atoms with Gasteiger partial charge < -0.3 is 0 Å². The second-order valence-corrected chi connectivity index (χ2v) is 18.2. The number of halogens is 2. The van der Waals surface area contributed by atoms with E-state index in [2.05, 4.69) is 171 Å². The molecule has 0 amide bonds. The van der Waals surface area contributed by atoms with E-state index in [1.54, 1.807) is 0 Å². The molecule has 0 spiro atoms. The summed E-state index contributed by atoms with van der Waals surface area (Å²) in [6.07, 6.45) is 3.60. The van der Waals surface area contributed by atoms with Crippen LogP contribution < -0.4 is 0 Å². The van der Waals surface area contributed by atoms with Crippen LogP contribution in [0, 0.1) is 0 Å². The van der Waals surface area contributed by atoms with Crippen molar-refractivity contribution in [3.8, 4) is 22.3 Å². The van der Waals surface area contributed by atoms with Crippen molar-refractivity contribution >= 4 is 48.1 Å². The minimum absolute atomic E-state index is 0.584. The summed E-state index contributed by atoms with van der Waals surface area (Å²) in [6, 6.07) is 40.8. The van der Waals surface area contributed by atoms with E-state index >= 15 is 0 Å². The Balaban J connectivity index is 0.000000230. The van der Waals surface area contributed by atoms with Crippen LogP contribution in [0.4, 0.5) is 0 Å². The predicted molar refractivity (Wildman–Crippen MR) is 220 cm³/mol. The summed E-state index contributed by atoms with van der Waals surface area (Å²) in [5.74, 6) is 1.81. The molecule has 0 fully saturated rings. The fourth-order valence-electron chi connectivity index (χ4n) is 6.24. The Bertz CT molecular complexity index is 1810. The molecule has 0 saturated heterocycles. The van der Waals surface area contributed by atoms with Gasteiger partial charge >= 0.3 is 37.9 Å². The van der Waals surface area contributed by atoms with Crippen molar-refractivity contribution in [2.45, 2.75) is 98.6 Å². The third-order valence-electron chi connectivity index (χ3n) is 9.06. The molecule has 1 atom stereocenters. The van der Waals surface area contributed by atoms with E-state index in [0.29, 0.717) is 17.8 Å². The summed E-state index contributed by atoms with van der Waals surface area (Å²) in [5, 5.41) is 5.49. The van der Waals surface area contributed by atoms with Gasteiger partial charge in [0.25, 0.3) is 0 Å². The first kappa shape index (κ1) is 41.2. The number of hydrogen-bond acceptors (Lipinski definition) is 0. The van der Waals surface area contributed by atoms with Crippen LogP contribution >= 0.6 is 17.0 Å². The fraction of sp³-hybridized carbons (Fsp3) is 0.333. The Hall–Kier alpha value is -2.22. The number of aryl methyl sites for hydroxylation is 1. The molecule has 4 heteroatoms. The van der Waals surface area contributed by atoms with Crippen LogP contribution in [0.25, 0.3) is 43.8 Å². The average molecular weight is 785 g/mol. The zero-order valence-corrected chi connectivity index (χ0v) is 36.0. The quantitative estimate of drug-likeness (QED) is 0.107. The third kappa shape index (κ3) is 11.7. The van der Waals surface area contributed by atoms with Crippen LogP contribution in [-0.4, -0.2) is 9.52 Å². The Morgan fingerprint density at radius 2 is 1.06 bits per heavy atom. The average Bonchev–Trinajstić information content (AvgIpc) is 3.74. The molecule has 0 N–H and O–H groups in total. The van der Waals surface area contributed by atoms with Gasteiger partial charge in [-0.25, -0.2) is 0 Å². The maximum absolute atomic E-state index is 4.93. The molecule has 0 nitrogen and oxygen atoms in total. The first-order valence-corrected chi connectivity index (χ1v) is 26.1. The van der Waals surface area contributed by atoms with Crippen molar-refractivity contribution in [2.75, 3.05) is 0 Å². The third-order valence-corrected chi connectivity index (χ3v) is 9.06. The van der Waals surface area contributed by atoms with Crippen molar-refractivity contribution in [2.24, 2.45) is 0 Å². The molecule has 0 aliphatic carbocycles. The zero-order chi connectivity index (χ0) is 35.9. The van der Waals surface area contributed by atoms with E-state index in [9.17, 15) is 0 Å². The van der Waals surface area contributed by atoms with Crippen molar-refractivity contribution in [3.05, 3.63) is 131 Å². The van der Waals surface area contributed by atoms with Gasteiger partial charge in [0.1, 0.15) is 0 Å². The minimum atomic E-state index is -0.826. The van der Waals surface area contributed by atoms with Crippen LogP contribution in [0.2, 0.25) is 13.1 Å². The molecule has 6 aromatic carbocycles. The summed E-state index contributed by atoms with van der Waals surface area (Å²) in [4.78, 5) is 0. The predicted octanol–water partition coefficient (Wildman–Crippen LogP) is 15.3. The molecule has 49 heavy (non-hydrogen) atoms. The van der Waals surface area contributed by atoms with Crippen molar-refractivity contribution in [3.63, 3.8) is 0 Å². The Kier molecular flexibility index (Phi) is 17.8. The second-order valence-electron chi connectivity index (χ2n) is 13.4. The number of hydrogen-bond donors (Lipinski definition) is 0. The van der Waals surface area contributed by atoms with Gasteiger partial charge in [0, 0.05) is 9.52 Å². The summed E-state index contributed by atoms with van der Waals surface area (Å²) < 4.78 is 0. The molecule has 0 aliphatic rings.